The zero-order chi connectivity index (χ0) is 13.6. The minimum Gasteiger partial charge on any atom is -0.277 e. The van der Waals surface area contributed by atoms with Crippen LogP contribution in [-0.4, -0.2) is 22.7 Å². The molecule has 6 heteroatoms. The molecule has 100 valence electrons. The van der Waals surface area contributed by atoms with Crippen LogP contribution in [0, 0.1) is 5.41 Å². The molecule has 19 heavy (non-hydrogen) atoms. The lowest BCUT2D eigenvalue weighted by Gasteiger charge is -2.35. The number of carbonyl (C=O) groups excluding carboxylic acids is 3. The zero-order valence-electron chi connectivity index (χ0n) is 10.5. The molecule has 0 radical (unpaired) electrons. The van der Waals surface area contributed by atoms with Crippen molar-refractivity contribution in [2.75, 3.05) is 0 Å². The first-order valence-corrected chi connectivity index (χ1v) is 7.20. The molecule has 5 nitrogen and oxygen atoms in total. The SMILES string of the molecule is CCC(c1cccs1)N1C(=O)NC(=O)C2(CC2)C1=O. The fourth-order valence-electron chi connectivity index (χ4n) is 2.54. The third kappa shape index (κ3) is 1.70. The number of hydrogen-bond donors (Lipinski definition) is 1. The quantitative estimate of drug-likeness (QED) is 0.861. The number of rotatable bonds is 3. The molecule has 1 aromatic heterocycles. The third-order valence-corrected chi connectivity index (χ3v) is 4.80. The average molecular weight is 278 g/mol. The van der Waals surface area contributed by atoms with Gasteiger partial charge in [-0.1, -0.05) is 13.0 Å². The van der Waals surface area contributed by atoms with E-state index in [4.69, 9.17) is 0 Å². The van der Waals surface area contributed by atoms with Gasteiger partial charge in [0.1, 0.15) is 5.41 Å². The summed E-state index contributed by atoms with van der Waals surface area (Å²) >= 11 is 1.52. The lowest BCUT2D eigenvalue weighted by atomic mass is 9.99. The van der Waals surface area contributed by atoms with E-state index in [0.717, 1.165) is 4.88 Å². The third-order valence-electron chi connectivity index (χ3n) is 3.82. The van der Waals surface area contributed by atoms with Gasteiger partial charge in [-0.15, -0.1) is 11.3 Å². The molecule has 1 unspecified atom stereocenters. The number of urea groups is 1. The van der Waals surface area contributed by atoms with E-state index >= 15 is 0 Å². The highest BCUT2D eigenvalue weighted by Gasteiger charge is 2.63. The second-order valence-corrected chi connectivity index (χ2v) is 5.94. The topological polar surface area (TPSA) is 66.5 Å². The van der Waals surface area contributed by atoms with Crippen LogP contribution < -0.4 is 5.32 Å². The Morgan fingerprint density at radius 2 is 2.16 bits per heavy atom. The summed E-state index contributed by atoms with van der Waals surface area (Å²) in [6.07, 6.45) is 1.73. The van der Waals surface area contributed by atoms with Crippen molar-refractivity contribution < 1.29 is 14.4 Å². The first-order valence-electron chi connectivity index (χ1n) is 6.32. The molecule has 3 rings (SSSR count). The predicted octanol–water partition coefficient (Wildman–Crippen LogP) is 2.06. The van der Waals surface area contributed by atoms with Gasteiger partial charge in [0.2, 0.25) is 11.8 Å². The van der Waals surface area contributed by atoms with Crippen molar-refractivity contribution in [1.29, 1.82) is 0 Å². The summed E-state index contributed by atoms with van der Waals surface area (Å²) in [5.41, 5.74) is -0.960. The summed E-state index contributed by atoms with van der Waals surface area (Å²) in [6.45, 7) is 1.93. The minimum absolute atomic E-state index is 0.280. The van der Waals surface area contributed by atoms with Gasteiger partial charge in [0.25, 0.3) is 0 Å². The van der Waals surface area contributed by atoms with Gasteiger partial charge in [-0.05, 0) is 30.7 Å². The first-order chi connectivity index (χ1) is 9.10. The van der Waals surface area contributed by atoms with E-state index in [9.17, 15) is 14.4 Å². The number of barbiturate groups is 1. The van der Waals surface area contributed by atoms with Gasteiger partial charge in [0, 0.05) is 4.88 Å². The fourth-order valence-corrected chi connectivity index (χ4v) is 3.44. The number of hydrogen-bond acceptors (Lipinski definition) is 4. The highest BCUT2D eigenvalue weighted by Crippen LogP contribution is 2.50. The largest absolute Gasteiger partial charge is 0.331 e. The second kappa shape index (κ2) is 4.16. The number of thiophene rings is 1. The van der Waals surface area contributed by atoms with Crippen LogP contribution in [0.15, 0.2) is 17.5 Å². The van der Waals surface area contributed by atoms with Crippen LogP contribution in [0.4, 0.5) is 4.79 Å². The zero-order valence-corrected chi connectivity index (χ0v) is 11.3. The molecule has 1 aliphatic heterocycles. The normalized spacial score (nSPS) is 22.6. The Morgan fingerprint density at radius 3 is 2.68 bits per heavy atom. The van der Waals surface area contributed by atoms with Crippen molar-refractivity contribution in [2.24, 2.45) is 5.41 Å². The predicted molar refractivity (Wildman–Crippen MR) is 69.4 cm³/mol. The van der Waals surface area contributed by atoms with E-state index in [1.165, 1.54) is 16.2 Å². The van der Waals surface area contributed by atoms with Crippen molar-refractivity contribution in [3.8, 4) is 0 Å². The van der Waals surface area contributed by atoms with Crippen molar-refractivity contribution in [3.63, 3.8) is 0 Å². The van der Waals surface area contributed by atoms with Crippen LogP contribution in [-0.2, 0) is 9.59 Å². The van der Waals surface area contributed by atoms with E-state index in [0.29, 0.717) is 19.3 Å². The monoisotopic (exact) mass is 278 g/mol. The van der Waals surface area contributed by atoms with Crippen LogP contribution in [0.1, 0.15) is 37.1 Å². The highest BCUT2D eigenvalue weighted by atomic mass is 32.1. The molecule has 2 aliphatic rings. The molecule has 0 aromatic carbocycles. The number of nitrogens with one attached hydrogen (secondary N) is 1. The van der Waals surface area contributed by atoms with E-state index in [1.54, 1.807) is 0 Å². The fraction of sp³-hybridized carbons (Fsp3) is 0.462. The maximum absolute atomic E-state index is 12.5. The molecular formula is C13H14N2O3S. The minimum atomic E-state index is -0.960. The van der Waals surface area contributed by atoms with E-state index in [1.807, 2.05) is 24.4 Å². The van der Waals surface area contributed by atoms with Crippen LogP contribution in [0.5, 0.6) is 0 Å². The average Bonchev–Trinajstić information content (AvgIpc) is 3.02. The molecule has 1 N–H and O–H groups in total. The molecule has 1 atom stereocenters. The van der Waals surface area contributed by atoms with Gasteiger partial charge in [0.15, 0.2) is 0 Å². The Labute approximate surface area is 114 Å². The Morgan fingerprint density at radius 1 is 1.42 bits per heavy atom. The lowest BCUT2D eigenvalue weighted by molar-refractivity contribution is -0.146. The smallest absolute Gasteiger partial charge is 0.277 e. The summed E-state index contributed by atoms with van der Waals surface area (Å²) in [7, 11) is 0. The van der Waals surface area contributed by atoms with Crippen molar-refractivity contribution in [2.45, 2.75) is 32.2 Å². The molecular weight excluding hydrogens is 264 g/mol. The van der Waals surface area contributed by atoms with E-state index in [-0.39, 0.29) is 11.9 Å². The van der Waals surface area contributed by atoms with Gasteiger partial charge < -0.3 is 0 Å². The van der Waals surface area contributed by atoms with Crippen molar-refractivity contribution in [1.82, 2.24) is 10.2 Å². The lowest BCUT2D eigenvalue weighted by Crippen LogP contribution is -2.59. The Kier molecular flexibility index (Phi) is 2.70. The highest BCUT2D eigenvalue weighted by molar-refractivity contribution is 7.10. The summed E-state index contributed by atoms with van der Waals surface area (Å²) < 4.78 is 0. The van der Waals surface area contributed by atoms with Crippen LogP contribution in [0.2, 0.25) is 0 Å². The Bertz CT molecular complexity index is 548. The summed E-state index contributed by atoms with van der Waals surface area (Å²) in [4.78, 5) is 38.4. The van der Waals surface area contributed by atoms with Crippen LogP contribution >= 0.6 is 11.3 Å². The number of carbonyl (C=O) groups is 3. The molecule has 1 saturated heterocycles. The molecule has 0 bridgehead atoms. The number of nitrogens with zero attached hydrogens (tertiary/aromatic N) is 1. The van der Waals surface area contributed by atoms with Gasteiger partial charge in [-0.2, -0.15) is 0 Å². The number of imide groups is 2. The molecule has 2 fully saturated rings. The molecule has 4 amide bonds. The summed E-state index contributed by atoms with van der Waals surface area (Å²) in [5.74, 6) is -0.763. The Hall–Kier alpha value is -1.69. The van der Waals surface area contributed by atoms with Gasteiger partial charge in [-0.3, -0.25) is 19.8 Å². The van der Waals surface area contributed by atoms with Crippen LogP contribution in [0.25, 0.3) is 0 Å². The molecule has 1 aliphatic carbocycles. The molecule has 1 saturated carbocycles. The molecule has 2 heterocycles. The number of amides is 4. The van der Waals surface area contributed by atoms with Gasteiger partial charge in [-0.25, -0.2) is 4.79 Å². The first kappa shape index (κ1) is 12.3. The molecule has 1 spiro atoms. The van der Waals surface area contributed by atoms with Gasteiger partial charge >= 0.3 is 6.03 Å². The standard InChI is InChI=1S/C13H14N2O3S/c1-2-8(9-4-3-7-19-9)15-11(17)13(5-6-13)10(16)14-12(15)18/h3-4,7-8H,2,5-6H2,1H3,(H,14,16,18). The van der Waals surface area contributed by atoms with Crippen molar-refractivity contribution in [3.05, 3.63) is 22.4 Å². The van der Waals surface area contributed by atoms with Gasteiger partial charge in [0.05, 0.1) is 6.04 Å². The van der Waals surface area contributed by atoms with Crippen LogP contribution in [0.3, 0.4) is 0 Å². The molecule has 1 aromatic rings. The Balaban J connectivity index is 1.96. The summed E-state index contributed by atoms with van der Waals surface area (Å²) in [5, 5.41) is 4.24. The summed E-state index contributed by atoms with van der Waals surface area (Å²) in [6, 6.07) is 2.94. The maximum atomic E-state index is 12.5. The van der Waals surface area contributed by atoms with Crippen molar-refractivity contribution >= 4 is 29.2 Å². The van der Waals surface area contributed by atoms with E-state index in [2.05, 4.69) is 5.32 Å². The maximum Gasteiger partial charge on any atom is 0.331 e. The second-order valence-electron chi connectivity index (χ2n) is 4.96. The van der Waals surface area contributed by atoms with E-state index < -0.39 is 17.4 Å².